The molecule has 0 fully saturated rings. The van der Waals surface area contributed by atoms with Gasteiger partial charge in [-0.05, 0) is 17.7 Å². The Morgan fingerprint density at radius 1 is 1.23 bits per heavy atom. The number of carboxylic acids is 1. The number of carbonyl (C=O) groups is 2. The number of rotatable bonds is 4. The third-order valence-electron chi connectivity index (χ3n) is 2.75. The van der Waals surface area contributed by atoms with E-state index >= 15 is 0 Å². The molecule has 6 N–H and O–H groups in total. The highest BCUT2D eigenvalue weighted by molar-refractivity contribution is 6.06. The van der Waals surface area contributed by atoms with Gasteiger partial charge in [-0.25, -0.2) is 4.79 Å². The first kappa shape index (κ1) is 15.0. The quantitative estimate of drug-likeness (QED) is 0.513. The number of H-pyrrole nitrogens is 2. The molecule has 1 heterocycles. The van der Waals surface area contributed by atoms with E-state index in [1.54, 1.807) is 12.1 Å². The minimum Gasteiger partial charge on any atom is -0.481 e. The molecule has 0 saturated carbocycles. The Labute approximate surface area is 122 Å². The highest BCUT2D eigenvalue weighted by atomic mass is 16.4. The molecule has 9 heteroatoms. The number of nitrogens with one attached hydrogen (secondary N) is 3. The highest BCUT2D eigenvalue weighted by Crippen LogP contribution is 2.13. The maximum Gasteiger partial charge on any atom is 0.326 e. The maximum atomic E-state index is 12.0. The first-order valence-corrected chi connectivity index (χ1v) is 6.11. The molecule has 0 aliphatic heterocycles. The van der Waals surface area contributed by atoms with Gasteiger partial charge in [-0.15, -0.1) is 0 Å². The van der Waals surface area contributed by atoms with Crippen LogP contribution < -0.4 is 22.3 Å². The van der Waals surface area contributed by atoms with Crippen molar-refractivity contribution < 1.29 is 14.7 Å². The topological polar surface area (TPSA) is 158 Å². The standard InChI is InChI=1S/C13H12N4O5/c14-9-10(16-13(22)17-11(9)20)12(21)15-7-3-1-2-6(4-7)5-8(18)19/h1-4H,5,14H2,(H,15,21)(H,18,19)(H2,16,17,20,22). The summed E-state index contributed by atoms with van der Waals surface area (Å²) in [5, 5.41) is 11.2. The van der Waals surface area contributed by atoms with E-state index in [0.29, 0.717) is 11.3 Å². The molecule has 0 unspecified atom stereocenters. The zero-order chi connectivity index (χ0) is 16.3. The van der Waals surface area contributed by atoms with Crippen LogP contribution in [0.5, 0.6) is 0 Å². The minimum atomic E-state index is -1.01. The van der Waals surface area contributed by atoms with Crippen LogP contribution in [0, 0.1) is 0 Å². The average Bonchev–Trinajstić information content (AvgIpc) is 2.42. The van der Waals surface area contributed by atoms with E-state index < -0.39 is 28.8 Å². The largest absolute Gasteiger partial charge is 0.481 e. The summed E-state index contributed by atoms with van der Waals surface area (Å²) in [5.41, 5.74) is 3.74. The molecule has 0 bridgehead atoms. The van der Waals surface area contributed by atoms with Crippen LogP contribution in [0.3, 0.4) is 0 Å². The number of nitrogen functional groups attached to an aromatic ring is 1. The number of benzene rings is 1. The first-order valence-electron chi connectivity index (χ1n) is 6.11. The smallest absolute Gasteiger partial charge is 0.326 e. The van der Waals surface area contributed by atoms with E-state index in [9.17, 15) is 19.2 Å². The van der Waals surface area contributed by atoms with Gasteiger partial charge in [0.1, 0.15) is 11.4 Å². The first-order chi connectivity index (χ1) is 10.4. The average molecular weight is 304 g/mol. The Morgan fingerprint density at radius 3 is 2.64 bits per heavy atom. The molecular formula is C13H12N4O5. The van der Waals surface area contributed by atoms with Crippen molar-refractivity contribution in [3.63, 3.8) is 0 Å². The van der Waals surface area contributed by atoms with Crippen LogP contribution in [0.25, 0.3) is 0 Å². The van der Waals surface area contributed by atoms with E-state index in [4.69, 9.17) is 10.8 Å². The third-order valence-corrected chi connectivity index (χ3v) is 2.75. The van der Waals surface area contributed by atoms with Crippen molar-refractivity contribution in [2.45, 2.75) is 6.42 Å². The lowest BCUT2D eigenvalue weighted by Crippen LogP contribution is -2.30. The van der Waals surface area contributed by atoms with Gasteiger partial charge in [0.25, 0.3) is 11.5 Å². The van der Waals surface area contributed by atoms with Crippen LogP contribution in [0.2, 0.25) is 0 Å². The van der Waals surface area contributed by atoms with Crippen molar-refractivity contribution in [2.24, 2.45) is 0 Å². The van der Waals surface area contributed by atoms with Crippen molar-refractivity contribution in [2.75, 3.05) is 11.1 Å². The van der Waals surface area contributed by atoms with Crippen molar-refractivity contribution in [3.05, 3.63) is 56.4 Å². The van der Waals surface area contributed by atoms with Crippen molar-refractivity contribution in [3.8, 4) is 0 Å². The molecule has 0 radical (unpaired) electrons. The van der Waals surface area contributed by atoms with Gasteiger partial charge in [0, 0.05) is 5.69 Å². The predicted molar refractivity (Wildman–Crippen MR) is 77.8 cm³/mol. The van der Waals surface area contributed by atoms with Gasteiger partial charge in [0.2, 0.25) is 0 Å². The lowest BCUT2D eigenvalue weighted by molar-refractivity contribution is -0.136. The number of hydrogen-bond acceptors (Lipinski definition) is 5. The molecule has 22 heavy (non-hydrogen) atoms. The minimum absolute atomic E-state index is 0.201. The molecule has 0 saturated heterocycles. The van der Waals surface area contributed by atoms with Crippen molar-refractivity contribution in [1.29, 1.82) is 0 Å². The molecule has 1 aromatic carbocycles. The summed E-state index contributed by atoms with van der Waals surface area (Å²) in [7, 11) is 0. The van der Waals surface area contributed by atoms with E-state index in [1.807, 2.05) is 4.98 Å². The Balaban J connectivity index is 2.28. The summed E-state index contributed by atoms with van der Waals surface area (Å²) in [6.45, 7) is 0. The number of aromatic nitrogens is 2. The summed E-state index contributed by atoms with van der Waals surface area (Å²) < 4.78 is 0. The molecule has 0 atom stereocenters. The van der Waals surface area contributed by atoms with E-state index in [0.717, 1.165) is 0 Å². The van der Waals surface area contributed by atoms with Gasteiger partial charge in [0.15, 0.2) is 0 Å². The van der Waals surface area contributed by atoms with Crippen LogP contribution in [0.1, 0.15) is 16.1 Å². The molecule has 1 aromatic heterocycles. The van der Waals surface area contributed by atoms with Gasteiger partial charge < -0.3 is 21.1 Å². The summed E-state index contributed by atoms with van der Waals surface area (Å²) in [6.07, 6.45) is -0.201. The SMILES string of the molecule is Nc1c(C(=O)Nc2cccc(CC(=O)O)c2)[nH]c(=O)[nH]c1=O. The second-order valence-electron chi connectivity index (χ2n) is 4.42. The van der Waals surface area contributed by atoms with Crippen molar-refractivity contribution >= 4 is 23.3 Å². The molecule has 9 nitrogen and oxygen atoms in total. The van der Waals surface area contributed by atoms with E-state index in [-0.39, 0.29) is 12.1 Å². The Bertz CT molecular complexity index is 852. The second-order valence-corrected chi connectivity index (χ2v) is 4.42. The molecule has 0 aliphatic carbocycles. The van der Waals surface area contributed by atoms with Gasteiger partial charge in [-0.2, -0.15) is 0 Å². The number of aliphatic carboxylic acids is 1. The number of amides is 1. The predicted octanol–water partition coefficient (Wildman–Crippen LogP) is -0.475. The Kier molecular flexibility index (Phi) is 4.07. The van der Waals surface area contributed by atoms with E-state index in [2.05, 4.69) is 10.3 Å². The number of anilines is 2. The molecule has 114 valence electrons. The second kappa shape index (κ2) is 5.95. The zero-order valence-corrected chi connectivity index (χ0v) is 11.2. The molecule has 1 amide bonds. The summed E-state index contributed by atoms with van der Waals surface area (Å²) in [6, 6.07) is 6.16. The highest BCUT2D eigenvalue weighted by Gasteiger charge is 2.14. The Morgan fingerprint density at radius 2 is 1.95 bits per heavy atom. The molecule has 2 aromatic rings. The van der Waals surface area contributed by atoms with Gasteiger partial charge in [-0.3, -0.25) is 19.4 Å². The van der Waals surface area contributed by atoms with Gasteiger partial charge in [-0.1, -0.05) is 12.1 Å². The van der Waals surface area contributed by atoms with Crippen LogP contribution in [0.15, 0.2) is 33.9 Å². The fraction of sp³-hybridized carbons (Fsp3) is 0.0769. The number of carbonyl (C=O) groups excluding carboxylic acids is 1. The fourth-order valence-electron chi connectivity index (χ4n) is 1.80. The number of hydrogen-bond donors (Lipinski definition) is 5. The van der Waals surface area contributed by atoms with E-state index in [1.165, 1.54) is 12.1 Å². The fourth-order valence-corrected chi connectivity index (χ4v) is 1.80. The summed E-state index contributed by atoms with van der Waals surface area (Å²) in [4.78, 5) is 49.3. The zero-order valence-electron chi connectivity index (χ0n) is 11.2. The lowest BCUT2D eigenvalue weighted by atomic mass is 10.1. The van der Waals surface area contributed by atoms with Crippen molar-refractivity contribution in [1.82, 2.24) is 9.97 Å². The monoisotopic (exact) mass is 304 g/mol. The number of carboxylic acid groups (broad SMARTS) is 1. The van der Waals surface area contributed by atoms with Crippen LogP contribution in [0.4, 0.5) is 11.4 Å². The molecular weight excluding hydrogens is 292 g/mol. The normalized spacial score (nSPS) is 10.2. The molecule has 2 rings (SSSR count). The summed E-state index contributed by atoms with van der Waals surface area (Å²) in [5.74, 6) is -1.79. The molecule has 0 spiro atoms. The number of nitrogens with two attached hydrogens (primary N) is 1. The van der Waals surface area contributed by atoms with Gasteiger partial charge >= 0.3 is 11.7 Å². The van der Waals surface area contributed by atoms with Crippen LogP contribution in [-0.2, 0) is 11.2 Å². The third kappa shape index (κ3) is 3.39. The van der Waals surface area contributed by atoms with Crippen LogP contribution >= 0.6 is 0 Å². The van der Waals surface area contributed by atoms with Crippen LogP contribution in [-0.4, -0.2) is 27.0 Å². The van der Waals surface area contributed by atoms with Gasteiger partial charge in [0.05, 0.1) is 6.42 Å². The molecule has 0 aliphatic rings. The maximum absolute atomic E-state index is 12.0. The lowest BCUT2D eigenvalue weighted by Gasteiger charge is -2.07. The number of aromatic amines is 2. The Hall–Kier alpha value is -3.36. The summed E-state index contributed by atoms with van der Waals surface area (Å²) >= 11 is 0.